The van der Waals surface area contributed by atoms with Gasteiger partial charge in [-0.2, -0.15) is 13.8 Å². The number of hydrogen-bond acceptors (Lipinski definition) is 3. The Labute approximate surface area is 103 Å². The Bertz CT molecular complexity index is 512. The van der Waals surface area contributed by atoms with Crippen LogP contribution in [0.15, 0.2) is 42.6 Å². The molecule has 0 saturated carbocycles. The Hall–Kier alpha value is -2.04. The minimum absolute atomic E-state index is 0.144. The van der Waals surface area contributed by atoms with Gasteiger partial charge < -0.3 is 4.74 Å². The zero-order valence-electron chi connectivity index (χ0n) is 9.81. The van der Waals surface area contributed by atoms with Gasteiger partial charge in [0.2, 0.25) is 11.7 Å². The van der Waals surface area contributed by atoms with Crippen LogP contribution in [0, 0.1) is 0 Å². The standard InChI is InChI=1S/C13H12F2N2O/c1-13(14,15)12-16-8-7-11(17-12)18-9-10-5-3-2-4-6-10/h2-8H,9H2,1H3. The van der Waals surface area contributed by atoms with Gasteiger partial charge in [-0.25, -0.2) is 4.98 Å². The average molecular weight is 250 g/mol. The Balaban J connectivity index is 2.06. The van der Waals surface area contributed by atoms with Gasteiger partial charge in [0.25, 0.3) is 0 Å². The van der Waals surface area contributed by atoms with E-state index in [1.807, 2.05) is 30.3 Å². The number of rotatable bonds is 4. The Kier molecular flexibility index (Phi) is 3.50. The number of halogens is 2. The molecule has 0 aliphatic carbocycles. The molecule has 0 N–H and O–H groups in total. The lowest BCUT2D eigenvalue weighted by molar-refractivity contribution is 0.00689. The molecule has 0 spiro atoms. The van der Waals surface area contributed by atoms with Gasteiger partial charge in [-0.15, -0.1) is 0 Å². The van der Waals surface area contributed by atoms with Crippen LogP contribution in [0.25, 0.3) is 0 Å². The second kappa shape index (κ2) is 5.08. The maximum atomic E-state index is 13.0. The Morgan fingerprint density at radius 1 is 1.17 bits per heavy atom. The SMILES string of the molecule is CC(F)(F)c1nccc(OCc2ccccc2)n1. The number of alkyl halides is 2. The number of hydrogen-bond donors (Lipinski definition) is 0. The van der Waals surface area contributed by atoms with Crippen molar-refractivity contribution >= 4 is 0 Å². The molecule has 0 atom stereocenters. The molecule has 0 bridgehead atoms. The normalized spacial score (nSPS) is 11.3. The summed E-state index contributed by atoms with van der Waals surface area (Å²) in [7, 11) is 0. The van der Waals surface area contributed by atoms with Crippen molar-refractivity contribution in [3.05, 3.63) is 54.0 Å². The van der Waals surface area contributed by atoms with E-state index >= 15 is 0 Å². The molecule has 0 radical (unpaired) electrons. The first-order chi connectivity index (χ1) is 8.55. The van der Waals surface area contributed by atoms with Gasteiger partial charge in [0.15, 0.2) is 0 Å². The first-order valence-electron chi connectivity index (χ1n) is 5.44. The quantitative estimate of drug-likeness (QED) is 0.836. The van der Waals surface area contributed by atoms with E-state index in [2.05, 4.69) is 9.97 Å². The van der Waals surface area contributed by atoms with E-state index in [0.29, 0.717) is 0 Å². The van der Waals surface area contributed by atoms with Crippen molar-refractivity contribution in [3.63, 3.8) is 0 Å². The zero-order valence-corrected chi connectivity index (χ0v) is 9.81. The molecule has 0 fully saturated rings. The third kappa shape index (κ3) is 3.23. The van der Waals surface area contributed by atoms with E-state index in [0.717, 1.165) is 12.5 Å². The molecule has 3 nitrogen and oxygen atoms in total. The summed E-state index contributed by atoms with van der Waals surface area (Å²) in [6, 6.07) is 10.9. The van der Waals surface area contributed by atoms with Crippen LogP contribution in [-0.4, -0.2) is 9.97 Å². The highest BCUT2D eigenvalue weighted by Crippen LogP contribution is 2.24. The molecule has 2 rings (SSSR count). The van der Waals surface area contributed by atoms with Crippen LogP contribution in [0.5, 0.6) is 5.88 Å². The van der Waals surface area contributed by atoms with E-state index in [1.165, 1.54) is 12.3 Å². The minimum atomic E-state index is -3.06. The van der Waals surface area contributed by atoms with Crippen molar-refractivity contribution in [2.24, 2.45) is 0 Å². The van der Waals surface area contributed by atoms with Crippen LogP contribution >= 0.6 is 0 Å². The molecule has 5 heteroatoms. The predicted molar refractivity (Wildman–Crippen MR) is 62.4 cm³/mol. The van der Waals surface area contributed by atoms with Crippen molar-refractivity contribution < 1.29 is 13.5 Å². The van der Waals surface area contributed by atoms with Crippen LogP contribution in [0.1, 0.15) is 18.3 Å². The van der Waals surface area contributed by atoms with E-state index in [1.54, 1.807) is 0 Å². The lowest BCUT2D eigenvalue weighted by atomic mass is 10.2. The van der Waals surface area contributed by atoms with Crippen molar-refractivity contribution in [1.82, 2.24) is 9.97 Å². The van der Waals surface area contributed by atoms with Gasteiger partial charge in [0, 0.05) is 19.2 Å². The first kappa shape index (κ1) is 12.4. The van der Waals surface area contributed by atoms with Crippen molar-refractivity contribution in [2.45, 2.75) is 19.5 Å². The molecule has 0 aliphatic heterocycles. The molecule has 2 aromatic rings. The number of aromatic nitrogens is 2. The number of nitrogens with zero attached hydrogens (tertiary/aromatic N) is 2. The van der Waals surface area contributed by atoms with Crippen LogP contribution in [0.3, 0.4) is 0 Å². The van der Waals surface area contributed by atoms with Gasteiger partial charge in [0.05, 0.1) is 0 Å². The molecule has 18 heavy (non-hydrogen) atoms. The Morgan fingerprint density at radius 2 is 1.89 bits per heavy atom. The summed E-state index contributed by atoms with van der Waals surface area (Å²) >= 11 is 0. The molecule has 1 heterocycles. The topological polar surface area (TPSA) is 35.0 Å². The zero-order chi connectivity index (χ0) is 13.0. The largest absolute Gasteiger partial charge is 0.473 e. The van der Waals surface area contributed by atoms with Crippen LogP contribution in [0.2, 0.25) is 0 Å². The molecule has 1 aromatic heterocycles. The fourth-order valence-corrected chi connectivity index (χ4v) is 1.37. The maximum Gasteiger partial charge on any atom is 0.303 e. The molecule has 0 unspecified atom stereocenters. The number of ether oxygens (including phenoxy) is 1. The van der Waals surface area contributed by atoms with Crippen molar-refractivity contribution in [1.29, 1.82) is 0 Å². The summed E-state index contributed by atoms with van der Waals surface area (Å²) in [5.41, 5.74) is 0.945. The highest BCUT2D eigenvalue weighted by molar-refractivity contribution is 5.16. The smallest absolute Gasteiger partial charge is 0.303 e. The molecule has 1 aromatic carbocycles. The van der Waals surface area contributed by atoms with E-state index in [-0.39, 0.29) is 12.5 Å². The lowest BCUT2D eigenvalue weighted by Gasteiger charge is -2.10. The van der Waals surface area contributed by atoms with Crippen molar-refractivity contribution in [2.75, 3.05) is 0 Å². The van der Waals surface area contributed by atoms with Crippen LogP contribution in [0.4, 0.5) is 8.78 Å². The fraction of sp³-hybridized carbons (Fsp3) is 0.231. The first-order valence-corrected chi connectivity index (χ1v) is 5.44. The van der Waals surface area contributed by atoms with Gasteiger partial charge >= 0.3 is 5.92 Å². The van der Waals surface area contributed by atoms with Crippen molar-refractivity contribution in [3.8, 4) is 5.88 Å². The summed E-state index contributed by atoms with van der Waals surface area (Å²) in [6.45, 7) is 1.04. The Morgan fingerprint density at radius 3 is 2.56 bits per heavy atom. The van der Waals surface area contributed by atoms with Gasteiger partial charge in [-0.1, -0.05) is 30.3 Å². The fourth-order valence-electron chi connectivity index (χ4n) is 1.37. The highest BCUT2D eigenvalue weighted by Gasteiger charge is 2.28. The van der Waals surface area contributed by atoms with Crippen LogP contribution < -0.4 is 4.74 Å². The second-order valence-corrected chi connectivity index (χ2v) is 3.88. The third-order valence-electron chi connectivity index (χ3n) is 2.25. The van der Waals surface area contributed by atoms with Gasteiger partial charge in [-0.05, 0) is 5.56 Å². The van der Waals surface area contributed by atoms with Gasteiger partial charge in [0.1, 0.15) is 6.61 Å². The third-order valence-corrected chi connectivity index (χ3v) is 2.25. The van der Waals surface area contributed by atoms with E-state index < -0.39 is 11.7 Å². The predicted octanol–water partition coefficient (Wildman–Crippen LogP) is 3.17. The summed E-state index contributed by atoms with van der Waals surface area (Å²) in [5.74, 6) is -3.45. The monoisotopic (exact) mass is 250 g/mol. The molecule has 0 saturated heterocycles. The highest BCUT2D eigenvalue weighted by atomic mass is 19.3. The summed E-state index contributed by atoms with van der Waals surface area (Å²) in [6.07, 6.45) is 1.26. The molecule has 0 aliphatic rings. The van der Waals surface area contributed by atoms with Crippen LogP contribution in [-0.2, 0) is 12.5 Å². The minimum Gasteiger partial charge on any atom is -0.473 e. The average Bonchev–Trinajstić information content (AvgIpc) is 2.37. The van der Waals surface area contributed by atoms with E-state index in [9.17, 15) is 8.78 Å². The van der Waals surface area contributed by atoms with Gasteiger partial charge in [-0.3, -0.25) is 0 Å². The van der Waals surface area contributed by atoms with E-state index in [4.69, 9.17) is 4.74 Å². The summed E-state index contributed by atoms with van der Waals surface area (Å²) in [5, 5.41) is 0. The summed E-state index contributed by atoms with van der Waals surface area (Å²) < 4.78 is 31.4. The molecular formula is C13H12F2N2O. The second-order valence-electron chi connectivity index (χ2n) is 3.88. The maximum absolute atomic E-state index is 13.0. The summed E-state index contributed by atoms with van der Waals surface area (Å²) in [4.78, 5) is 7.20. The molecule has 0 amide bonds. The molecular weight excluding hydrogens is 238 g/mol. The number of benzene rings is 1. The lowest BCUT2D eigenvalue weighted by Crippen LogP contribution is -2.13. The molecule has 94 valence electrons.